The summed E-state index contributed by atoms with van der Waals surface area (Å²) in [7, 11) is 0. The lowest BCUT2D eigenvalue weighted by Gasteiger charge is -2.34. The third-order valence-electron chi connectivity index (χ3n) is 2.79. The summed E-state index contributed by atoms with van der Waals surface area (Å²) in [5.41, 5.74) is 0. The van der Waals surface area contributed by atoms with E-state index in [1.165, 1.54) is 0 Å². The monoisotopic (exact) mass is 245 g/mol. The van der Waals surface area contributed by atoms with Crippen molar-refractivity contribution in [3.8, 4) is 0 Å². The molecule has 1 amide bonds. The van der Waals surface area contributed by atoms with E-state index in [1.54, 1.807) is 6.92 Å². The van der Waals surface area contributed by atoms with Gasteiger partial charge in [0.15, 0.2) is 6.29 Å². The smallest absolute Gasteiger partial charge is 0.328 e. The first-order valence-corrected chi connectivity index (χ1v) is 5.78. The molecule has 4 atom stereocenters. The second kappa shape index (κ2) is 6.56. The molecule has 98 valence electrons. The minimum atomic E-state index is -0.894. The molecule has 0 radical (unpaired) electrons. The highest BCUT2D eigenvalue weighted by molar-refractivity contribution is 5.78. The Kier molecular flexibility index (Phi) is 5.37. The van der Waals surface area contributed by atoms with Gasteiger partial charge in [0.2, 0.25) is 6.41 Å². The molecule has 0 spiro atoms. The van der Waals surface area contributed by atoms with Crippen LogP contribution in [0.15, 0.2) is 0 Å². The molecule has 2 N–H and O–H groups in total. The Labute approximate surface area is 100 Å². The highest BCUT2D eigenvalue weighted by Gasteiger charge is 2.35. The fourth-order valence-corrected chi connectivity index (χ4v) is 2.13. The fourth-order valence-electron chi connectivity index (χ4n) is 2.13. The first kappa shape index (κ1) is 13.9. The van der Waals surface area contributed by atoms with E-state index in [0.29, 0.717) is 19.3 Å². The molecule has 0 saturated carbocycles. The Morgan fingerprint density at radius 2 is 2.35 bits per heavy atom. The molecule has 1 rings (SSSR count). The lowest BCUT2D eigenvalue weighted by molar-refractivity contribution is -0.179. The Morgan fingerprint density at radius 1 is 1.65 bits per heavy atom. The number of hydrogen-bond acceptors (Lipinski definition) is 5. The third-order valence-corrected chi connectivity index (χ3v) is 2.79. The summed E-state index contributed by atoms with van der Waals surface area (Å²) in [4.78, 5) is 22.2. The number of aliphatic hydroxyl groups is 1. The van der Waals surface area contributed by atoms with Crippen LogP contribution in [0.5, 0.6) is 0 Å². The van der Waals surface area contributed by atoms with Crippen LogP contribution in [-0.4, -0.2) is 42.5 Å². The number of carbonyl (C=O) groups excluding carboxylic acids is 2. The average Bonchev–Trinajstić information content (AvgIpc) is 2.24. The molecule has 6 nitrogen and oxygen atoms in total. The average molecular weight is 245 g/mol. The van der Waals surface area contributed by atoms with Crippen molar-refractivity contribution < 1.29 is 24.2 Å². The van der Waals surface area contributed by atoms with Crippen molar-refractivity contribution in [1.82, 2.24) is 5.32 Å². The van der Waals surface area contributed by atoms with Crippen LogP contribution in [-0.2, 0) is 19.1 Å². The summed E-state index contributed by atoms with van der Waals surface area (Å²) in [6.07, 6.45) is 0.354. The SMILES string of the molecule is CCOC(=O)[C@@H](NC=O)[C@H]1C[C@H](C)O[C@@H](O)C1. The Hall–Kier alpha value is -1.14. The van der Waals surface area contributed by atoms with Crippen molar-refractivity contribution in [3.63, 3.8) is 0 Å². The molecule has 0 unspecified atom stereocenters. The maximum atomic E-state index is 11.7. The third kappa shape index (κ3) is 3.98. The summed E-state index contributed by atoms with van der Waals surface area (Å²) >= 11 is 0. The first-order chi connectivity index (χ1) is 8.08. The highest BCUT2D eigenvalue weighted by atomic mass is 16.6. The maximum Gasteiger partial charge on any atom is 0.328 e. The molecule has 1 fully saturated rings. The number of aliphatic hydroxyl groups excluding tert-OH is 1. The van der Waals surface area contributed by atoms with Crippen LogP contribution in [0.4, 0.5) is 0 Å². The van der Waals surface area contributed by atoms with Crippen molar-refractivity contribution in [3.05, 3.63) is 0 Å². The lowest BCUT2D eigenvalue weighted by Crippen LogP contribution is -2.48. The van der Waals surface area contributed by atoms with Crippen LogP contribution in [0.2, 0.25) is 0 Å². The van der Waals surface area contributed by atoms with Crippen LogP contribution < -0.4 is 5.32 Å². The minimum Gasteiger partial charge on any atom is -0.464 e. The number of hydrogen-bond donors (Lipinski definition) is 2. The largest absolute Gasteiger partial charge is 0.464 e. The van der Waals surface area contributed by atoms with Gasteiger partial charge in [0, 0.05) is 6.42 Å². The number of ether oxygens (including phenoxy) is 2. The quantitative estimate of drug-likeness (QED) is 0.517. The Bertz CT molecular complexity index is 261. The molecule has 0 aliphatic carbocycles. The van der Waals surface area contributed by atoms with Gasteiger partial charge in [0.25, 0.3) is 0 Å². The molecule has 1 heterocycles. The van der Waals surface area contributed by atoms with E-state index in [2.05, 4.69) is 5.32 Å². The van der Waals surface area contributed by atoms with Crippen molar-refractivity contribution in [2.75, 3.05) is 6.61 Å². The molecule has 1 aliphatic heterocycles. The lowest BCUT2D eigenvalue weighted by atomic mass is 9.88. The molecular weight excluding hydrogens is 226 g/mol. The van der Waals surface area contributed by atoms with Gasteiger partial charge in [-0.3, -0.25) is 4.79 Å². The summed E-state index contributed by atoms with van der Waals surface area (Å²) in [5, 5.41) is 11.9. The van der Waals surface area contributed by atoms with Gasteiger partial charge >= 0.3 is 5.97 Å². The van der Waals surface area contributed by atoms with E-state index >= 15 is 0 Å². The molecule has 1 aliphatic rings. The minimum absolute atomic E-state index is 0.144. The normalized spacial score (nSPS) is 30.4. The standard InChI is InChI=1S/C11H19NO5/c1-3-16-11(15)10(12-6-13)8-4-7(2)17-9(14)5-8/h6-10,14H,3-5H2,1-2H3,(H,12,13)/t7-,8-,9+,10-/m0/s1. The van der Waals surface area contributed by atoms with Crippen LogP contribution in [0.25, 0.3) is 0 Å². The predicted molar refractivity (Wildman–Crippen MR) is 58.9 cm³/mol. The number of amides is 1. The van der Waals surface area contributed by atoms with Gasteiger partial charge in [-0.2, -0.15) is 0 Å². The molecule has 0 aromatic heterocycles. The predicted octanol–water partition coefficient (Wildman–Crippen LogP) is -0.202. The Balaban J connectivity index is 2.68. The molecule has 0 aromatic carbocycles. The zero-order valence-corrected chi connectivity index (χ0v) is 10.1. The number of rotatable bonds is 5. The molecule has 17 heavy (non-hydrogen) atoms. The summed E-state index contributed by atoms with van der Waals surface area (Å²) in [6, 6.07) is -0.714. The number of nitrogens with one attached hydrogen (secondary N) is 1. The molecule has 1 saturated heterocycles. The van der Waals surface area contributed by atoms with Crippen molar-refractivity contribution in [2.45, 2.75) is 45.1 Å². The van der Waals surface area contributed by atoms with Crippen molar-refractivity contribution in [1.29, 1.82) is 0 Å². The second-order valence-corrected chi connectivity index (χ2v) is 4.15. The summed E-state index contributed by atoms with van der Waals surface area (Å²) in [6.45, 7) is 3.78. The Morgan fingerprint density at radius 3 is 2.88 bits per heavy atom. The van der Waals surface area contributed by atoms with Crippen molar-refractivity contribution in [2.24, 2.45) is 5.92 Å². The maximum absolute atomic E-state index is 11.7. The van der Waals surface area contributed by atoms with Gasteiger partial charge in [0.1, 0.15) is 6.04 Å². The number of carbonyl (C=O) groups is 2. The van der Waals surface area contributed by atoms with Gasteiger partial charge in [-0.15, -0.1) is 0 Å². The summed E-state index contributed by atoms with van der Waals surface area (Å²) in [5.74, 6) is -0.635. The van der Waals surface area contributed by atoms with Gasteiger partial charge in [-0.25, -0.2) is 4.79 Å². The van der Waals surface area contributed by atoms with Gasteiger partial charge in [0.05, 0.1) is 12.7 Å². The van der Waals surface area contributed by atoms with E-state index in [4.69, 9.17) is 9.47 Å². The van der Waals surface area contributed by atoms with Crippen LogP contribution in [0, 0.1) is 5.92 Å². The zero-order valence-electron chi connectivity index (χ0n) is 10.1. The van der Waals surface area contributed by atoms with Gasteiger partial charge in [-0.05, 0) is 26.2 Å². The zero-order chi connectivity index (χ0) is 12.8. The second-order valence-electron chi connectivity index (χ2n) is 4.15. The molecular formula is C11H19NO5. The van der Waals surface area contributed by atoms with Gasteiger partial charge in [-0.1, -0.05) is 0 Å². The topological polar surface area (TPSA) is 84.9 Å². The van der Waals surface area contributed by atoms with E-state index < -0.39 is 18.3 Å². The van der Waals surface area contributed by atoms with E-state index in [0.717, 1.165) is 0 Å². The molecule has 0 aromatic rings. The van der Waals surface area contributed by atoms with E-state index in [-0.39, 0.29) is 18.6 Å². The summed E-state index contributed by atoms with van der Waals surface area (Å²) < 4.78 is 10.1. The fraction of sp³-hybridized carbons (Fsp3) is 0.818. The van der Waals surface area contributed by atoms with E-state index in [1.807, 2.05) is 6.92 Å². The first-order valence-electron chi connectivity index (χ1n) is 5.78. The van der Waals surface area contributed by atoms with Crippen LogP contribution in [0.1, 0.15) is 26.7 Å². The van der Waals surface area contributed by atoms with Crippen molar-refractivity contribution >= 4 is 12.4 Å². The highest BCUT2D eigenvalue weighted by Crippen LogP contribution is 2.26. The molecule has 0 bridgehead atoms. The van der Waals surface area contributed by atoms with Gasteiger partial charge < -0.3 is 19.9 Å². The molecule has 6 heteroatoms. The van der Waals surface area contributed by atoms with Crippen LogP contribution >= 0.6 is 0 Å². The van der Waals surface area contributed by atoms with Crippen LogP contribution in [0.3, 0.4) is 0 Å². The van der Waals surface area contributed by atoms with E-state index in [9.17, 15) is 14.7 Å². The number of esters is 1.